The van der Waals surface area contributed by atoms with Crippen molar-refractivity contribution >= 4 is 34.7 Å². The maximum Gasteiger partial charge on any atom is 0.226 e. The molecule has 2 aromatic rings. The van der Waals surface area contributed by atoms with Crippen LogP contribution in [0.1, 0.15) is 30.6 Å². The molecule has 0 aliphatic carbocycles. The second-order valence-electron chi connectivity index (χ2n) is 6.51. The van der Waals surface area contributed by atoms with E-state index in [1.54, 1.807) is 24.3 Å². The van der Waals surface area contributed by atoms with Gasteiger partial charge < -0.3 is 15.1 Å². The number of amides is 2. The molecule has 0 atom stereocenters. The van der Waals surface area contributed by atoms with Gasteiger partial charge in [0.1, 0.15) is 0 Å². The van der Waals surface area contributed by atoms with Gasteiger partial charge in [-0.15, -0.1) is 0 Å². The summed E-state index contributed by atoms with van der Waals surface area (Å²) in [6, 6.07) is 14.3. The predicted octanol–water partition coefficient (Wildman–Crippen LogP) is 3.34. The van der Waals surface area contributed by atoms with Crippen molar-refractivity contribution in [3.05, 3.63) is 54.1 Å². The molecule has 0 saturated heterocycles. The number of hydrogen-bond acceptors (Lipinski definition) is 4. The molecule has 0 bridgehead atoms. The number of nitrogens with zero attached hydrogens (tertiary/aromatic N) is 2. The molecule has 1 N–H and O–H groups in total. The summed E-state index contributed by atoms with van der Waals surface area (Å²) in [5.74, 6) is -0.358. The van der Waals surface area contributed by atoms with Crippen LogP contribution in [0.15, 0.2) is 48.5 Å². The molecule has 0 aliphatic rings. The molecule has 0 spiro atoms. The van der Waals surface area contributed by atoms with Gasteiger partial charge in [0.15, 0.2) is 5.78 Å². The van der Waals surface area contributed by atoms with Gasteiger partial charge >= 0.3 is 0 Å². The Kier molecular flexibility index (Phi) is 6.71. The van der Waals surface area contributed by atoms with Crippen LogP contribution in [0.25, 0.3) is 0 Å². The van der Waals surface area contributed by atoms with Crippen molar-refractivity contribution in [3.8, 4) is 0 Å². The van der Waals surface area contributed by atoms with Crippen molar-refractivity contribution in [3.63, 3.8) is 0 Å². The van der Waals surface area contributed by atoms with Crippen LogP contribution in [0.5, 0.6) is 0 Å². The predicted molar refractivity (Wildman–Crippen MR) is 108 cm³/mol. The van der Waals surface area contributed by atoms with Crippen molar-refractivity contribution in [2.24, 2.45) is 0 Å². The van der Waals surface area contributed by atoms with Crippen LogP contribution in [-0.2, 0) is 9.59 Å². The Balaban J connectivity index is 1.97. The number of ketones is 1. The zero-order chi connectivity index (χ0) is 20.0. The Hall–Kier alpha value is -3.15. The summed E-state index contributed by atoms with van der Waals surface area (Å²) in [6.45, 7) is 3.21. The zero-order valence-electron chi connectivity index (χ0n) is 16.2. The van der Waals surface area contributed by atoms with Crippen LogP contribution < -0.4 is 15.1 Å². The summed E-state index contributed by atoms with van der Waals surface area (Å²) >= 11 is 0. The lowest BCUT2D eigenvalue weighted by molar-refractivity contribution is -0.117. The number of carbonyl (C=O) groups is 3. The van der Waals surface area contributed by atoms with Gasteiger partial charge in [0.05, 0.1) is 0 Å². The molecule has 6 nitrogen and oxygen atoms in total. The van der Waals surface area contributed by atoms with E-state index in [-0.39, 0.29) is 30.6 Å². The summed E-state index contributed by atoms with van der Waals surface area (Å²) in [5.41, 5.74) is 3.01. The standard InChI is InChI=1S/C21H25N3O3/c1-15(25)17-5-9-20(10-6-17)24(16(2)26)14-13-21(27)22-18-7-11-19(12-8-18)23(3)4/h5-12H,13-14H2,1-4H3,(H,22,27). The highest BCUT2D eigenvalue weighted by Gasteiger charge is 2.14. The molecule has 6 heteroatoms. The van der Waals surface area contributed by atoms with Crippen LogP contribution in [0.3, 0.4) is 0 Å². The zero-order valence-corrected chi connectivity index (χ0v) is 16.2. The molecule has 0 aromatic heterocycles. The average Bonchev–Trinajstić information content (AvgIpc) is 2.62. The van der Waals surface area contributed by atoms with Crippen LogP contribution >= 0.6 is 0 Å². The SMILES string of the molecule is CC(=O)c1ccc(N(CCC(=O)Nc2ccc(N(C)C)cc2)C(C)=O)cc1. The minimum Gasteiger partial charge on any atom is -0.378 e. The Morgan fingerprint density at radius 3 is 1.89 bits per heavy atom. The molecule has 0 radical (unpaired) electrons. The van der Waals surface area contributed by atoms with E-state index in [2.05, 4.69) is 5.32 Å². The van der Waals surface area contributed by atoms with Gasteiger partial charge in [0, 0.05) is 56.6 Å². The normalized spacial score (nSPS) is 10.2. The van der Waals surface area contributed by atoms with E-state index >= 15 is 0 Å². The third-order valence-electron chi connectivity index (χ3n) is 4.20. The van der Waals surface area contributed by atoms with E-state index in [0.717, 1.165) is 5.69 Å². The van der Waals surface area contributed by atoms with Crippen LogP contribution in [-0.4, -0.2) is 38.2 Å². The fourth-order valence-electron chi connectivity index (χ4n) is 2.62. The van der Waals surface area contributed by atoms with Gasteiger partial charge in [0.2, 0.25) is 11.8 Å². The second-order valence-corrected chi connectivity index (χ2v) is 6.51. The lowest BCUT2D eigenvalue weighted by Gasteiger charge is -2.21. The number of anilines is 3. The topological polar surface area (TPSA) is 69.7 Å². The molecule has 0 fully saturated rings. The van der Waals surface area contributed by atoms with Gasteiger partial charge in [0.25, 0.3) is 0 Å². The number of hydrogen-bond donors (Lipinski definition) is 1. The minimum atomic E-state index is -0.167. The first-order chi connectivity index (χ1) is 12.8. The molecule has 0 saturated carbocycles. The lowest BCUT2D eigenvalue weighted by Crippen LogP contribution is -2.32. The first-order valence-electron chi connectivity index (χ1n) is 8.74. The quantitative estimate of drug-likeness (QED) is 0.762. The first kappa shape index (κ1) is 20.2. The number of carbonyl (C=O) groups excluding carboxylic acids is 3. The molecular formula is C21H25N3O3. The van der Waals surface area contributed by atoms with E-state index in [0.29, 0.717) is 16.9 Å². The van der Waals surface area contributed by atoms with Crippen molar-refractivity contribution in [1.29, 1.82) is 0 Å². The molecule has 0 aliphatic heterocycles. The number of benzene rings is 2. The number of rotatable bonds is 7. The van der Waals surface area contributed by atoms with Crippen LogP contribution in [0.4, 0.5) is 17.1 Å². The molecular weight excluding hydrogens is 342 g/mol. The molecule has 2 aromatic carbocycles. The number of nitrogens with one attached hydrogen (secondary N) is 1. The lowest BCUT2D eigenvalue weighted by atomic mass is 10.1. The average molecular weight is 367 g/mol. The summed E-state index contributed by atoms with van der Waals surface area (Å²) < 4.78 is 0. The Bertz CT molecular complexity index is 812. The highest BCUT2D eigenvalue weighted by molar-refractivity contribution is 5.97. The van der Waals surface area contributed by atoms with Crippen molar-refractivity contribution in [2.75, 3.05) is 35.8 Å². The van der Waals surface area contributed by atoms with Gasteiger partial charge in [-0.05, 0) is 55.5 Å². The van der Waals surface area contributed by atoms with E-state index in [1.807, 2.05) is 43.3 Å². The summed E-state index contributed by atoms with van der Waals surface area (Å²) in [7, 11) is 3.90. The summed E-state index contributed by atoms with van der Waals surface area (Å²) in [4.78, 5) is 39.1. The van der Waals surface area contributed by atoms with Crippen molar-refractivity contribution < 1.29 is 14.4 Å². The maximum absolute atomic E-state index is 12.2. The fraction of sp³-hybridized carbons (Fsp3) is 0.286. The molecule has 0 heterocycles. The third-order valence-corrected chi connectivity index (χ3v) is 4.20. The van der Waals surface area contributed by atoms with E-state index < -0.39 is 0 Å². The van der Waals surface area contributed by atoms with Gasteiger partial charge in [-0.1, -0.05) is 0 Å². The Labute approximate surface area is 159 Å². The number of Topliss-reactive ketones (excluding diaryl/α,β-unsaturated/α-hetero) is 1. The molecule has 27 heavy (non-hydrogen) atoms. The van der Waals surface area contributed by atoms with Crippen molar-refractivity contribution in [2.45, 2.75) is 20.3 Å². The van der Waals surface area contributed by atoms with Crippen LogP contribution in [0, 0.1) is 0 Å². The second kappa shape index (κ2) is 8.98. The Morgan fingerprint density at radius 2 is 1.41 bits per heavy atom. The molecule has 2 rings (SSSR count). The van der Waals surface area contributed by atoms with Crippen LogP contribution in [0.2, 0.25) is 0 Å². The molecule has 142 valence electrons. The van der Waals surface area contributed by atoms with Crippen molar-refractivity contribution in [1.82, 2.24) is 0 Å². The monoisotopic (exact) mass is 367 g/mol. The smallest absolute Gasteiger partial charge is 0.226 e. The van der Waals surface area contributed by atoms with Gasteiger partial charge in [-0.2, -0.15) is 0 Å². The Morgan fingerprint density at radius 1 is 0.852 bits per heavy atom. The van der Waals surface area contributed by atoms with Gasteiger partial charge in [-0.3, -0.25) is 14.4 Å². The highest BCUT2D eigenvalue weighted by atomic mass is 16.2. The fourth-order valence-corrected chi connectivity index (χ4v) is 2.62. The first-order valence-corrected chi connectivity index (χ1v) is 8.74. The third kappa shape index (κ3) is 5.67. The molecule has 0 unspecified atom stereocenters. The molecule has 2 amide bonds. The van der Waals surface area contributed by atoms with Gasteiger partial charge in [-0.25, -0.2) is 0 Å². The van der Waals surface area contributed by atoms with E-state index in [9.17, 15) is 14.4 Å². The van der Waals surface area contributed by atoms with E-state index in [4.69, 9.17) is 0 Å². The summed E-state index contributed by atoms with van der Waals surface area (Å²) in [5, 5.41) is 2.84. The minimum absolute atomic E-state index is 0.0319. The largest absolute Gasteiger partial charge is 0.378 e. The summed E-state index contributed by atoms with van der Waals surface area (Å²) in [6.07, 6.45) is 0.170. The maximum atomic E-state index is 12.2. The highest BCUT2D eigenvalue weighted by Crippen LogP contribution is 2.18. The van der Waals surface area contributed by atoms with E-state index in [1.165, 1.54) is 18.7 Å².